The van der Waals surface area contributed by atoms with Gasteiger partial charge in [0.1, 0.15) is 5.75 Å². The molecule has 112 valence electrons. The van der Waals surface area contributed by atoms with E-state index < -0.39 is 6.61 Å². The van der Waals surface area contributed by atoms with Crippen LogP contribution in [0.15, 0.2) is 29.4 Å². The van der Waals surface area contributed by atoms with Gasteiger partial charge in [0.05, 0.1) is 5.75 Å². The van der Waals surface area contributed by atoms with E-state index in [0.717, 1.165) is 0 Å². The third-order valence-electron chi connectivity index (χ3n) is 2.28. The third kappa shape index (κ3) is 4.67. The van der Waals surface area contributed by atoms with Crippen molar-refractivity contribution < 1.29 is 18.3 Å². The lowest BCUT2D eigenvalue weighted by Crippen LogP contribution is -2.14. The monoisotopic (exact) mass is 315 g/mol. The molecule has 2 rings (SSSR count). The summed E-state index contributed by atoms with van der Waals surface area (Å²) in [7, 11) is 1.67. The smallest absolute Gasteiger partial charge is 0.387 e. The fourth-order valence-electron chi connectivity index (χ4n) is 1.39. The zero-order valence-corrected chi connectivity index (χ0v) is 11.7. The molecule has 0 fully saturated rings. The van der Waals surface area contributed by atoms with Crippen molar-refractivity contribution in [1.82, 2.24) is 20.2 Å². The van der Waals surface area contributed by atoms with Crippen molar-refractivity contribution in [3.05, 3.63) is 24.3 Å². The summed E-state index contributed by atoms with van der Waals surface area (Å²) in [6, 6.07) is 5.65. The number of anilines is 1. The third-order valence-corrected chi connectivity index (χ3v) is 3.29. The number of aromatic nitrogens is 4. The Bertz CT molecular complexity index is 605. The predicted octanol–water partition coefficient (Wildman–Crippen LogP) is 1.54. The summed E-state index contributed by atoms with van der Waals surface area (Å²) in [4.78, 5) is 11.7. The molecule has 1 aromatic carbocycles. The lowest BCUT2D eigenvalue weighted by molar-refractivity contribution is -0.113. The highest BCUT2D eigenvalue weighted by Gasteiger charge is 2.08. The first kappa shape index (κ1) is 15.2. The molecule has 0 aliphatic heterocycles. The van der Waals surface area contributed by atoms with Gasteiger partial charge in [0.25, 0.3) is 0 Å². The Balaban J connectivity index is 1.83. The molecule has 2 aromatic rings. The number of nitrogens with zero attached hydrogens (tertiary/aromatic N) is 4. The molecule has 21 heavy (non-hydrogen) atoms. The van der Waals surface area contributed by atoms with Crippen LogP contribution >= 0.6 is 11.8 Å². The fraction of sp³-hybridized carbons (Fsp3) is 0.273. The molecule has 1 aromatic heterocycles. The van der Waals surface area contributed by atoms with E-state index in [2.05, 4.69) is 25.6 Å². The zero-order valence-electron chi connectivity index (χ0n) is 10.9. The topological polar surface area (TPSA) is 81.9 Å². The molecule has 0 unspecified atom stereocenters. The molecule has 0 aliphatic carbocycles. The molecule has 7 nitrogen and oxygen atoms in total. The predicted molar refractivity (Wildman–Crippen MR) is 71.2 cm³/mol. The van der Waals surface area contributed by atoms with Crippen molar-refractivity contribution in [3.8, 4) is 5.75 Å². The Morgan fingerprint density at radius 3 is 2.71 bits per heavy atom. The van der Waals surface area contributed by atoms with Crippen LogP contribution in [0.1, 0.15) is 0 Å². The van der Waals surface area contributed by atoms with Crippen LogP contribution in [0.3, 0.4) is 0 Å². The fourth-order valence-corrected chi connectivity index (χ4v) is 2.04. The standard InChI is InChI=1S/C11H11F2N5O2S/c1-18-11(15-16-17-18)21-6-9(19)14-7-2-4-8(5-3-7)20-10(12)13/h2-5,10H,6H2,1H3,(H,14,19). The number of aryl methyl sites for hydroxylation is 1. The molecule has 1 N–H and O–H groups in total. The number of rotatable bonds is 6. The van der Waals surface area contributed by atoms with Crippen LogP contribution in [-0.2, 0) is 11.8 Å². The number of thioether (sulfide) groups is 1. The maximum Gasteiger partial charge on any atom is 0.387 e. The van der Waals surface area contributed by atoms with Gasteiger partial charge >= 0.3 is 6.61 Å². The van der Waals surface area contributed by atoms with Crippen molar-refractivity contribution in [1.29, 1.82) is 0 Å². The number of halogens is 2. The summed E-state index contributed by atoms with van der Waals surface area (Å²) in [6.45, 7) is -2.87. The first-order valence-corrected chi connectivity index (χ1v) is 6.73. The number of amides is 1. The number of hydrogen-bond acceptors (Lipinski definition) is 6. The minimum atomic E-state index is -2.87. The van der Waals surface area contributed by atoms with Crippen LogP contribution in [0.2, 0.25) is 0 Å². The molecule has 1 amide bonds. The Morgan fingerprint density at radius 1 is 1.43 bits per heavy atom. The van der Waals surface area contributed by atoms with E-state index in [1.165, 1.54) is 40.7 Å². The van der Waals surface area contributed by atoms with Gasteiger partial charge in [0, 0.05) is 12.7 Å². The molecule has 1 heterocycles. The molecule has 0 aliphatic rings. The van der Waals surface area contributed by atoms with E-state index in [1.54, 1.807) is 7.05 Å². The second-order valence-corrected chi connectivity index (χ2v) is 4.77. The summed E-state index contributed by atoms with van der Waals surface area (Å²) >= 11 is 1.18. The summed E-state index contributed by atoms with van der Waals surface area (Å²) < 4.78 is 29.6. The SMILES string of the molecule is Cn1nnnc1SCC(=O)Nc1ccc(OC(F)F)cc1. The first-order valence-electron chi connectivity index (χ1n) is 5.74. The maximum absolute atomic E-state index is 12.0. The van der Waals surface area contributed by atoms with E-state index in [4.69, 9.17) is 0 Å². The van der Waals surface area contributed by atoms with Crippen LogP contribution in [0.25, 0.3) is 0 Å². The van der Waals surface area contributed by atoms with Crippen molar-refractivity contribution in [2.75, 3.05) is 11.1 Å². The number of alkyl halides is 2. The minimum Gasteiger partial charge on any atom is -0.435 e. The van der Waals surface area contributed by atoms with E-state index in [9.17, 15) is 13.6 Å². The van der Waals surface area contributed by atoms with E-state index in [-0.39, 0.29) is 17.4 Å². The normalized spacial score (nSPS) is 10.7. The quantitative estimate of drug-likeness (QED) is 0.814. The Morgan fingerprint density at radius 2 is 2.14 bits per heavy atom. The molecule has 0 atom stereocenters. The Kier molecular flexibility index (Phi) is 5.04. The summed E-state index contributed by atoms with van der Waals surface area (Å²) in [5.74, 6) is -0.100. The number of benzene rings is 1. The lowest BCUT2D eigenvalue weighted by atomic mass is 10.3. The van der Waals surface area contributed by atoms with Crippen LogP contribution in [-0.4, -0.2) is 38.5 Å². The second kappa shape index (κ2) is 6.97. The molecule has 0 saturated heterocycles. The van der Waals surface area contributed by atoms with Crippen LogP contribution < -0.4 is 10.1 Å². The van der Waals surface area contributed by atoms with Gasteiger partial charge < -0.3 is 10.1 Å². The van der Waals surface area contributed by atoms with Gasteiger partial charge in [-0.15, -0.1) is 5.10 Å². The number of carbonyl (C=O) groups excluding carboxylic acids is 1. The molecular formula is C11H11F2N5O2S. The van der Waals surface area contributed by atoms with Crippen molar-refractivity contribution >= 4 is 23.4 Å². The highest BCUT2D eigenvalue weighted by Crippen LogP contribution is 2.18. The summed E-state index contributed by atoms with van der Waals surface area (Å²) in [5, 5.41) is 14.0. The van der Waals surface area contributed by atoms with Gasteiger partial charge in [-0.1, -0.05) is 11.8 Å². The average Bonchev–Trinajstić information content (AvgIpc) is 2.84. The van der Waals surface area contributed by atoms with Gasteiger partial charge in [-0.05, 0) is 34.7 Å². The largest absolute Gasteiger partial charge is 0.435 e. The molecule has 0 spiro atoms. The Labute approximate surface area is 122 Å². The second-order valence-electron chi connectivity index (χ2n) is 3.82. The first-order chi connectivity index (χ1) is 10.0. The van der Waals surface area contributed by atoms with Crippen molar-refractivity contribution in [2.45, 2.75) is 11.8 Å². The average molecular weight is 315 g/mol. The number of tetrazole rings is 1. The van der Waals surface area contributed by atoms with Crippen molar-refractivity contribution in [3.63, 3.8) is 0 Å². The lowest BCUT2D eigenvalue weighted by Gasteiger charge is -2.07. The molecule has 0 radical (unpaired) electrons. The van der Waals surface area contributed by atoms with Gasteiger partial charge in [-0.25, -0.2) is 4.68 Å². The van der Waals surface area contributed by atoms with Crippen LogP contribution in [0.5, 0.6) is 5.75 Å². The molecule has 0 bridgehead atoms. The van der Waals surface area contributed by atoms with Gasteiger partial charge in [0.15, 0.2) is 0 Å². The van der Waals surface area contributed by atoms with E-state index in [0.29, 0.717) is 10.8 Å². The summed E-state index contributed by atoms with van der Waals surface area (Å²) in [6.07, 6.45) is 0. The van der Waals surface area contributed by atoms with Crippen LogP contribution in [0, 0.1) is 0 Å². The number of hydrogen-bond donors (Lipinski definition) is 1. The van der Waals surface area contributed by atoms with Crippen molar-refractivity contribution in [2.24, 2.45) is 7.05 Å². The van der Waals surface area contributed by atoms with Gasteiger partial charge in [-0.2, -0.15) is 8.78 Å². The van der Waals surface area contributed by atoms with E-state index >= 15 is 0 Å². The van der Waals surface area contributed by atoms with E-state index in [1.807, 2.05) is 0 Å². The highest BCUT2D eigenvalue weighted by atomic mass is 32.2. The maximum atomic E-state index is 12.0. The number of carbonyl (C=O) groups is 1. The summed E-state index contributed by atoms with van der Waals surface area (Å²) in [5.41, 5.74) is 0.485. The minimum absolute atomic E-state index is 0.0301. The Hall–Kier alpha value is -2.23. The zero-order chi connectivity index (χ0) is 15.2. The number of nitrogens with one attached hydrogen (secondary N) is 1. The number of ether oxygens (including phenoxy) is 1. The molecule has 10 heteroatoms. The van der Waals surface area contributed by atoms with Crippen LogP contribution in [0.4, 0.5) is 14.5 Å². The molecular weight excluding hydrogens is 304 g/mol. The van der Waals surface area contributed by atoms with Gasteiger partial charge in [0.2, 0.25) is 11.1 Å². The van der Waals surface area contributed by atoms with Gasteiger partial charge in [-0.3, -0.25) is 4.79 Å². The molecule has 0 saturated carbocycles. The highest BCUT2D eigenvalue weighted by molar-refractivity contribution is 7.99.